The van der Waals surface area contributed by atoms with E-state index in [1.165, 1.54) is 63.6 Å². The summed E-state index contributed by atoms with van der Waals surface area (Å²) in [7, 11) is 0. The third-order valence-electron chi connectivity index (χ3n) is 5.12. The topological polar surface area (TPSA) is 68.7 Å². The SMILES string of the molecule is O=c1c(I)c(C(F)(F)F)nc2cc(Br)ccn12.O=c1c(I)c(C(F)(F)F)nc2cc(C3CC3)ccn12. The molecule has 0 N–H and O–H groups in total. The van der Waals surface area contributed by atoms with Crippen LogP contribution in [0.1, 0.15) is 35.7 Å². The Labute approximate surface area is 233 Å². The van der Waals surface area contributed by atoms with Gasteiger partial charge in [-0.15, -0.1) is 0 Å². The van der Waals surface area contributed by atoms with Gasteiger partial charge in [-0.1, -0.05) is 15.9 Å². The lowest BCUT2D eigenvalue weighted by molar-refractivity contribution is -0.142. The summed E-state index contributed by atoms with van der Waals surface area (Å²) < 4.78 is 78.3. The van der Waals surface area contributed by atoms with Gasteiger partial charge in [-0.05, 0) is 93.8 Å². The smallest absolute Gasteiger partial charge is 0.268 e. The number of aromatic nitrogens is 4. The zero-order valence-corrected chi connectivity index (χ0v) is 23.4. The highest BCUT2D eigenvalue weighted by molar-refractivity contribution is 14.1. The highest BCUT2D eigenvalue weighted by Gasteiger charge is 2.38. The highest BCUT2D eigenvalue weighted by Crippen LogP contribution is 2.40. The van der Waals surface area contributed by atoms with Crippen molar-refractivity contribution in [2.75, 3.05) is 0 Å². The lowest BCUT2D eigenvalue weighted by Crippen LogP contribution is -2.24. The lowest BCUT2D eigenvalue weighted by Gasteiger charge is -2.10. The molecular formula is C21H11BrF6I2N4O2. The second-order valence-corrected chi connectivity index (χ2v) is 10.8. The fraction of sp³-hybridized carbons (Fsp3) is 0.238. The first kappa shape index (κ1) is 27.3. The molecule has 4 aromatic rings. The van der Waals surface area contributed by atoms with Gasteiger partial charge < -0.3 is 0 Å². The Hall–Kier alpha value is -1.76. The van der Waals surface area contributed by atoms with Crippen LogP contribution in [0.3, 0.4) is 0 Å². The molecule has 0 atom stereocenters. The molecule has 6 nitrogen and oxygen atoms in total. The van der Waals surface area contributed by atoms with Gasteiger partial charge in [0.1, 0.15) is 18.4 Å². The molecule has 0 bridgehead atoms. The summed E-state index contributed by atoms with van der Waals surface area (Å²) in [6, 6.07) is 6.26. The molecule has 0 aromatic carbocycles. The summed E-state index contributed by atoms with van der Waals surface area (Å²) >= 11 is 5.87. The molecule has 36 heavy (non-hydrogen) atoms. The Morgan fingerprint density at radius 1 is 0.806 bits per heavy atom. The van der Waals surface area contributed by atoms with Crippen LogP contribution in [0.15, 0.2) is 50.7 Å². The van der Waals surface area contributed by atoms with Gasteiger partial charge in [-0.3, -0.25) is 18.4 Å². The van der Waals surface area contributed by atoms with Crippen LogP contribution in [-0.2, 0) is 12.4 Å². The monoisotopic (exact) mass is 798 g/mol. The van der Waals surface area contributed by atoms with E-state index >= 15 is 0 Å². The van der Waals surface area contributed by atoms with Crippen molar-refractivity contribution in [2.45, 2.75) is 31.1 Å². The third-order valence-corrected chi connectivity index (χ3v) is 7.56. The summed E-state index contributed by atoms with van der Waals surface area (Å²) in [4.78, 5) is 30.7. The average Bonchev–Trinajstić information content (AvgIpc) is 3.62. The maximum absolute atomic E-state index is 12.8. The van der Waals surface area contributed by atoms with Crippen LogP contribution in [-0.4, -0.2) is 18.8 Å². The second kappa shape index (κ2) is 9.85. The van der Waals surface area contributed by atoms with Crippen LogP contribution >= 0.6 is 61.1 Å². The van der Waals surface area contributed by atoms with Crippen molar-refractivity contribution in [1.82, 2.24) is 18.8 Å². The quantitative estimate of drug-likeness (QED) is 0.168. The number of halogens is 9. The van der Waals surface area contributed by atoms with E-state index in [-0.39, 0.29) is 11.3 Å². The molecule has 0 amide bonds. The van der Waals surface area contributed by atoms with Crippen molar-refractivity contribution >= 4 is 72.4 Å². The molecule has 0 spiro atoms. The summed E-state index contributed by atoms with van der Waals surface area (Å²) in [6.45, 7) is 0. The number of fused-ring (bicyclic) bond motifs is 2. The van der Waals surface area contributed by atoms with Crippen LogP contribution < -0.4 is 11.1 Å². The molecule has 190 valence electrons. The van der Waals surface area contributed by atoms with Crippen molar-refractivity contribution in [3.63, 3.8) is 0 Å². The van der Waals surface area contributed by atoms with Gasteiger partial charge in [0.25, 0.3) is 11.1 Å². The van der Waals surface area contributed by atoms with E-state index in [1.54, 1.807) is 18.2 Å². The zero-order valence-electron chi connectivity index (χ0n) is 17.5. The molecule has 0 saturated heterocycles. The van der Waals surface area contributed by atoms with Crippen molar-refractivity contribution in [3.8, 4) is 0 Å². The number of pyridine rings is 2. The first-order valence-electron chi connectivity index (χ1n) is 9.92. The predicted octanol–water partition coefficient (Wildman–Crippen LogP) is 6.28. The maximum atomic E-state index is 12.8. The first-order chi connectivity index (χ1) is 16.7. The van der Waals surface area contributed by atoms with E-state index in [9.17, 15) is 35.9 Å². The number of hydrogen-bond donors (Lipinski definition) is 0. The molecule has 15 heteroatoms. The molecule has 1 fully saturated rings. The fourth-order valence-corrected chi connectivity index (χ4v) is 4.97. The standard InChI is InChI=1S/C12H8F3IN2O.C9H3BrF3IN2O/c13-12(14,15)10-9(16)11(19)18-4-3-7(6-1-2-6)5-8(18)17-10;10-4-1-2-16-5(3-4)15-7(9(11,12)13)6(14)8(16)17/h3-6H,1-2H2;1-3H. The summed E-state index contributed by atoms with van der Waals surface area (Å²) in [5.41, 5.74) is -2.71. The molecule has 1 aliphatic rings. The first-order valence-corrected chi connectivity index (χ1v) is 12.9. The van der Waals surface area contributed by atoms with Crippen LogP contribution in [0, 0.1) is 7.14 Å². The Kier molecular flexibility index (Phi) is 7.46. The Bertz CT molecular complexity index is 1610. The molecule has 4 aromatic heterocycles. The third kappa shape index (κ3) is 5.56. The number of rotatable bonds is 1. The van der Waals surface area contributed by atoms with E-state index in [0.717, 1.165) is 27.2 Å². The molecular weight excluding hydrogens is 788 g/mol. The van der Waals surface area contributed by atoms with Crippen LogP contribution in [0.4, 0.5) is 26.3 Å². The minimum atomic E-state index is -4.63. The molecule has 4 heterocycles. The van der Waals surface area contributed by atoms with Crippen molar-refractivity contribution in [2.24, 2.45) is 0 Å². The van der Waals surface area contributed by atoms with Crippen molar-refractivity contribution < 1.29 is 26.3 Å². The van der Waals surface area contributed by atoms with Crippen molar-refractivity contribution in [3.05, 3.63) is 85.9 Å². The van der Waals surface area contributed by atoms with Gasteiger partial charge in [0, 0.05) is 16.9 Å². The summed E-state index contributed by atoms with van der Waals surface area (Å²) in [5, 5.41) is 0. The summed E-state index contributed by atoms with van der Waals surface area (Å²) in [6.07, 6.45) is -4.29. The van der Waals surface area contributed by atoms with E-state index in [4.69, 9.17) is 0 Å². The second-order valence-electron chi connectivity index (χ2n) is 7.69. The van der Waals surface area contributed by atoms with Gasteiger partial charge >= 0.3 is 12.4 Å². The van der Waals surface area contributed by atoms with Gasteiger partial charge in [-0.2, -0.15) is 26.3 Å². The molecule has 1 saturated carbocycles. The minimum absolute atomic E-state index is 0.0443. The number of hydrogen-bond acceptors (Lipinski definition) is 4. The maximum Gasteiger partial charge on any atom is 0.434 e. The normalized spacial score (nSPS) is 14.1. The largest absolute Gasteiger partial charge is 0.434 e. The van der Waals surface area contributed by atoms with Crippen LogP contribution in [0.2, 0.25) is 0 Å². The van der Waals surface area contributed by atoms with Crippen molar-refractivity contribution in [1.29, 1.82) is 0 Å². The molecule has 0 radical (unpaired) electrons. The van der Waals surface area contributed by atoms with E-state index in [2.05, 4.69) is 25.9 Å². The van der Waals surface area contributed by atoms with E-state index in [0.29, 0.717) is 10.4 Å². The highest BCUT2D eigenvalue weighted by atomic mass is 127. The molecule has 5 rings (SSSR count). The van der Waals surface area contributed by atoms with Crippen LogP contribution in [0.25, 0.3) is 11.3 Å². The summed E-state index contributed by atoms with van der Waals surface area (Å²) in [5.74, 6) is 0.399. The number of nitrogens with zero attached hydrogens (tertiary/aromatic N) is 4. The zero-order chi connectivity index (χ0) is 26.6. The molecule has 0 aliphatic heterocycles. The van der Waals surface area contributed by atoms with Gasteiger partial charge in [0.15, 0.2) is 11.4 Å². The predicted molar refractivity (Wildman–Crippen MR) is 138 cm³/mol. The fourth-order valence-electron chi connectivity index (χ4n) is 3.27. The van der Waals surface area contributed by atoms with Gasteiger partial charge in [-0.25, -0.2) is 9.97 Å². The minimum Gasteiger partial charge on any atom is -0.268 e. The van der Waals surface area contributed by atoms with Gasteiger partial charge in [0.05, 0.1) is 0 Å². The molecule has 0 unspecified atom stereocenters. The van der Waals surface area contributed by atoms with E-state index in [1.807, 2.05) is 0 Å². The van der Waals surface area contributed by atoms with Crippen LogP contribution in [0.5, 0.6) is 0 Å². The Morgan fingerprint density at radius 2 is 1.25 bits per heavy atom. The molecule has 1 aliphatic carbocycles. The Balaban J connectivity index is 0.000000170. The van der Waals surface area contributed by atoms with E-state index < -0.39 is 42.0 Å². The lowest BCUT2D eigenvalue weighted by atomic mass is 10.2. The average molecular weight is 799 g/mol. The Morgan fingerprint density at radius 3 is 1.69 bits per heavy atom. The number of alkyl halides is 6. The van der Waals surface area contributed by atoms with Gasteiger partial charge in [0.2, 0.25) is 0 Å².